The zero-order chi connectivity index (χ0) is 24.4. The molecule has 1 heterocycles. The number of imide groups is 1. The number of ether oxygens (including phenoxy) is 2. The molecule has 1 aromatic carbocycles. The van der Waals surface area contributed by atoms with Crippen molar-refractivity contribution in [3.05, 3.63) is 46.1 Å². The lowest BCUT2D eigenvalue weighted by atomic mass is 10.1. The van der Waals surface area contributed by atoms with E-state index in [0.29, 0.717) is 17.7 Å². The number of hydrogen-bond acceptors (Lipinski definition) is 8. The molecule has 0 unspecified atom stereocenters. The van der Waals surface area contributed by atoms with E-state index in [1.54, 1.807) is 26.0 Å². The number of esters is 1. The van der Waals surface area contributed by atoms with Gasteiger partial charge < -0.3 is 14.8 Å². The number of thioether (sulfide) groups is 1. The number of halogens is 1. The fourth-order valence-corrected chi connectivity index (χ4v) is 4.70. The third kappa shape index (κ3) is 7.86. The topological polar surface area (TPSA) is 111 Å². The molecular formula is C22H25FN2O6S2. The van der Waals surface area contributed by atoms with Gasteiger partial charge in [-0.25, -0.2) is 14.0 Å². The molecule has 11 heteroatoms. The van der Waals surface area contributed by atoms with Crippen LogP contribution in [0, 0.1) is 12.7 Å². The Hall–Kier alpha value is -2.92. The van der Waals surface area contributed by atoms with Crippen molar-refractivity contribution in [3.63, 3.8) is 0 Å². The summed E-state index contributed by atoms with van der Waals surface area (Å²) in [6.07, 6.45) is -0.229. The number of alkyl carbamates (subject to hydrolysis) is 1. The second-order valence-electron chi connectivity index (χ2n) is 6.61. The van der Waals surface area contributed by atoms with E-state index in [1.807, 2.05) is 0 Å². The molecule has 178 valence electrons. The third-order valence-electron chi connectivity index (χ3n) is 4.21. The molecule has 8 nitrogen and oxygen atoms in total. The van der Waals surface area contributed by atoms with Gasteiger partial charge in [0.05, 0.1) is 18.8 Å². The van der Waals surface area contributed by atoms with Gasteiger partial charge in [-0.05, 0) is 62.8 Å². The molecule has 0 radical (unpaired) electrons. The Morgan fingerprint density at radius 1 is 1.06 bits per heavy atom. The van der Waals surface area contributed by atoms with Gasteiger partial charge in [-0.1, -0.05) is 0 Å². The predicted molar refractivity (Wildman–Crippen MR) is 124 cm³/mol. The first-order chi connectivity index (χ1) is 15.8. The molecule has 0 aliphatic carbocycles. The number of benzene rings is 1. The van der Waals surface area contributed by atoms with Crippen LogP contribution in [0.15, 0.2) is 29.2 Å². The second-order valence-corrected chi connectivity index (χ2v) is 8.80. The lowest BCUT2D eigenvalue weighted by molar-refractivity contribution is -0.116. The van der Waals surface area contributed by atoms with Crippen LogP contribution in [-0.2, 0) is 14.3 Å². The molecule has 2 N–H and O–H groups in total. The summed E-state index contributed by atoms with van der Waals surface area (Å²) in [4.78, 5) is 50.1. The molecule has 0 saturated carbocycles. The maximum Gasteiger partial charge on any atom is 0.414 e. The monoisotopic (exact) mass is 496 g/mol. The Labute approximate surface area is 199 Å². The van der Waals surface area contributed by atoms with Gasteiger partial charge in [0.1, 0.15) is 15.7 Å². The molecule has 0 spiro atoms. The first kappa shape index (κ1) is 26.3. The van der Waals surface area contributed by atoms with E-state index in [-0.39, 0.29) is 46.8 Å². The Morgan fingerprint density at radius 3 is 2.36 bits per heavy atom. The van der Waals surface area contributed by atoms with Crippen LogP contribution < -0.4 is 10.6 Å². The van der Waals surface area contributed by atoms with Gasteiger partial charge in [-0.2, -0.15) is 0 Å². The molecule has 0 aliphatic rings. The molecule has 0 fully saturated rings. The smallest absolute Gasteiger partial charge is 0.414 e. The van der Waals surface area contributed by atoms with Gasteiger partial charge in [-0.15, -0.1) is 23.1 Å². The molecule has 1 aromatic heterocycles. The summed E-state index contributed by atoms with van der Waals surface area (Å²) in [7, 11) is 0. The zero-order valence-electron chi connectivity index (χ0n) is 18.5. The highest BCUT2D eigenvalue weighted by atomic mass is 32.2. The first-order valence-electron chi connectivity index (χ1n) is 10.2. The fraction of sp³-hybridized carbons (Fsp3) is 0.364. The fourth-order valence-electron chi connectivity index (χ4n) is 2.73. The van der Waals surface area contributed by atoms with Crippen LogP contribution in [0.4, 0.5) is 14.2 Å². The largest absolute Gasteiger partial charge is 0.462 e. The summed E-state index contributed by atoms with van der Waals surface area (Å²) in [6.45, 7) is 5.02. The summed E-state index contributed by atoms with van der Waals surface area (Å²) in [5.41, 5.74) is 0.299. The maximum absolute atomic E-state index is 13.0. The van der Waals surface area contributed by atoms with Crippen molar-refractivity contribution in [1.82, 2.24) is 5.32 Å². The average Bonchev–Trinajstić information content (AvgIpc) is 3.08. The van der Waals surface area contributed by atoms with Crippen LogP contribution in [0.1, 0.15) is 52.3 Å². The highest BCUT2D eigenvalue weighted by Crippen LogP contribution is 2.34. The van der Waals surface area contributed by atoms with Crippen LogP contribution in [0.2, 0.25) is 0 Å². The summed E-state index contributed by atoms with van der Waals surface area (Å²) in [6, 6.07) is 6.08. The van der Waals surface area contributed by atoms with E-state index in [0.717, 1.165) is 16.2 Å². The standard InChI is InChI=1S/C22H25FN2O6S2/c1-4-30-21(28)18-13(3)17(19(27)25-22(29)31-5-2)20(33-18)24-16(26)7-6-12-32-15-10-8-14(23)9-11-15/h8-11H,4-7,12H2,1-3H3,(H,24,26)(H,25,27,29). The average molecular weight is 497 g/mol. The van der Waals surface area contributed by atoms with Crippen molar-refractivity contribution >= 4 is 52.0 Å². The van der Waals surface area contributed by atoms with Gasteiger partial charge in [0.2, 0.25) is 5.91 Å². The highest BCUT2D eigenvalue weighted by molar-refractivity contribution is 7.99. The lowest BCUT2D eigenvalue weighted by Gasteiger charge is -2.08. The quantitative estimate of drug-likeness (QED) is 0.277. The second kappa shape index (κ2) is 12.9. The van der Waals surface area contributed by atoms with E-state index in [2.05, 4.69) is 10.6 Å². The number of anilines is 1. The van der Waals surface area contributed by atoms with Crippen LogP contribution >= 0.6 is 23.1 Å². The summed E-state index contributed by atoms with van der Waals surface area (Å²) in [5, 5.41) is 4.89. The van der Waals surface area contributed by atoms with Crippen molar-refractivity contribution in [2.75, 3.05) is 24.3 Å². The minimum Gasteiger partial charge on any atom is -0.462 e. The Balaban J connectivity index is 2.07. The van der Waals surface area contributed by atoms with E-state index >= 15 is 0 Å². The zero-order valence-corrected chi connectivity index (χ0v) is 20.1. The van der Waals surface area contributed by atoms with E-state index in [1.165, 1.54) is 30.8 Å². The molecule has 2 aromatic rings. The minimum absolute atomic E-state index is 0.00476. The van der Waals surface area contributed by atoms with Crippen molar-refractivity contribution in [1.29, 1.82) is 0 Å². The highest BCUT2D eigenvalue weighted by Gasteiger charge is 2.27. The molecular weight excluding hydrogens is 471 g/mol. The molecule has 2 rings (SSSR count). The van der Waals surface area contributed by atoms with E-state index < -0.39 is 18.0 Å². The van der Waals surface area contributed by atoms with Gasteiger partial charge in [0, 0.05) is 11.3 Å². The van der Waals surface area contributed by atoms with Gasteiger partial charge >= 0.3 is 12.1 Å². The SMILES string of the molecule is CCOC(=O)NC(=O)c1c(NC(=O)CCCSc2ccc(F)cc2)sc(C(=O)OCC)c1C. The normalized spacial score (nSPS) is 10.4. The van der Waals surface area contributed by atoms with Crippen LogP contribution in [0.25, 0.3) is 0 Å². The molecule has 33 heavy (non-hydrogen) atoms. The number of nitrogens with one attached hydrogen (secondary N) is 2. The maximum atomic E-state index is 13.0. The van der Waals surface area contributed by atoms with Crippen molar-refractivity contribution in [2.45, 2.75) is 38.5 Å². The summed E-state index contributed by atoms with van der Waals surface area (Å²) in [5.74, 6) is -1.44. The number of rotatable bonds is 10. The lowest BCUT2D eigenvalue weighted by Crippen LogP contribution is -2.32. The molecule has 3 amide bonds. The summed E-state index contributed by atoms with van der Waals surface area (Å²) < 4.78 is 22.7. The predicted octanol–water partition coefficient (Wildman–Crippen LogP) is 4.77. The van der Waals surface area contributed by atoms with Crippen molar-refractivity contribution in [3.8, 4) is 0 Å². The minimum atomic E-state index is -0.930. The Bertz CT molecular complexity index is 1010. The van der Waals surface area contributed by atoms with Crippen LogP contribution in [0.5, 0.6) is 0 Å². The molecule has 0 atom stereocenters. The Morgan fingerprint density at radius 2 is 1.73 bits per heavy atom. The van der Waals surface area contributed by atoms with Crippen molar-refractivity contribution < 1.29 is 33.0 Å². The number of carbonyl (C=O) groups excluding carboxylic acids is 4. The van der Waals surface area contributed by atoms with Gasteiger partial charge in [0.15, 0.2) is 0 Å². The molecule has 0 saturated heterocycles. The van der Waals surface area contributed by atoms with Crippen LogP contribution in [0.3, 0.4) is 0 Å². The number of amides is 3. The summed E-state index contributed by atoms with van der Waals surface area (Å²) >= 11 is 2.40. The van der Waals surface area contributed by atoms with Gasteiger partial charge in [-0.3, -0.25) is 14.9 Å². The number of carbonyl (C=O) groups is 4. The first-order valence-corrected chi connectivity index (χ1v) is 12.0. The third-order valence-corrected chi connectivity index (χ3v) is 6.49. The van der Waals surface area contributed by atoms with E-state index in [4.69, 9.17) is 9.47 Å². The van der Waals surface area contributed by atoms with Crippen LogP contribution in [-0.4, -0.2) is 42.8 Å². The van der Waals surface area contributed by atoms with Crippen molar-refractivity contribution in [2.24, 2.45) is 0 Å². The van der Waals surface area contributed by atoms with E-state index in [9.17, 15) is 23.6 Å². The number of thiophene rings is 1. The van der Waals surface area contributed by atoms with Gasteiger partial charge in [0.25, 0.3) is 5.91 Å². The number of hydrogen-bond donors (Lipinski definition) is 2. The molecule has 0 aliphatic heterocycles. The Kier molecular flexibility index (Phi) is 10.3. The molecule has 0 bridgehead atoms.